The number of aromatic nitrogens is 1. The number of nitrogens with one attached hydrogen (secondary N) is 1. The molecule has 0 spiro atoms. The number of ether oxygens (including phenoxy) is 1. The average molecular weight is 240 g/mol. The van der Waals surface area contributed by atoms with Gasteiger partial charge >= 0.3 is 0 Å². The van der Waals surface area contributed by atoms with Crippen LogP contribution >= 0.6 is 0 Å². The molecule has 17 heavy (non-hydrogen) atoms. The van der Waals surface area contributed by atoms with Crippen molar-refractivity contribution in [1.82, 2.24) is 10.3 Å². The molecule has 0 bridgehead atoms. The van der Waals surface area contributed by atoms with Gasteiger partial charge in [-0.3, -0.25) is 4.98 Å². The van der Waals surface area contributed by atoms with Gasteiger partial charge in [-0.05, 0) is 31.5 Å². The maximum atomic E-state index is 13.2. The van der Waals surface area contributed by atoms with Crippen LogP contribution in [0.4, 0.5) is 4.39 Å². The predicted molar refractivity (Wildman–Crippen MR) is 66.3 cm³/mol. The molecule has 1 heterocycles. The molecule has 0 aromatic carbocycles. The highest BCUT2D eigenvalue weighted by Gasteiger charge is 2.36. The normalized spacial score (nSPS) is 13.7. The van der Waals surface area contributed by atoms with E-state index in [4.69, 9.17) is 4.74 Å². The van der Waals surface area contributed by atoms with Crippen molar-refractivity contribution in [2.75, 3.05) is 14.2 Å². The zero-order valence-corrected chi connectivity index (χ0v) is 11.0. The fourth-order valence-electron chi connectivity index (χ4n) is 2.38. The number of likely N-dealkylation sites (N-methyl/N-ethyl adjacent to an activating group) is 1. The first-order chi connectivity index (χ1) is 8.13. The van der Waals surface area contributed by atoms with E-state index in [1.54, 1.807) is 13.3 Å². The van der Waals surface area contributed by atoms with E-state index in [0.29, 0.717) is 0 Å². The summed E-state index contributed by atoms with van der Waals surface area (Å²) in [5, 5.41) is 3.21. The Labute approximate surface area is 102 Å². The molecule has 1 unspecified atom stereocenters. The van der Waals surface area contributed by atoms with E-state index < -0.39 is 0 Å². The summed E-state index contributed by atoms with van der Waals surface area (Å²) in [4.78, 5) is 3.90. The summed E-state index contributed by atoms with van der Waals surface area (Å²) in [6.45, 7) is 4.15. The standard InChI is InChI=1S/C13H21FN2O/c1-5-13(6-2,17-4)12(15-3)10-7-11(14)9-16-8-10/h7-9,12,15H,5-6H2,1-4H3. The number of hydrogen-bond acceptors (Lipinski definition) is 3. The molecule has 0 aliphatic heterocycles. The number of nitrogens with zero attached hydrogens (tertiary/aromatic N) is 1. The number of rotatable bonds is 6. The molecule has 1 N–H and O–H groups in total. The lowest BCUT2D eigenvalue weighted by molar-refractivity contribution is -0.0469. The molecule has 3 nitrogen and oxygen atoms in total. The Balaban J connectivity index is 3.13. The van der Waals surface area contributed by atoms with Crippen LogP contribution in [0.15, 0.2) is 18.5 Å². The Hall–Kier alpha value is -1.00. The molecule has 0 saturated heterocycles. The zero-order chi connectivity index (χ0) is 12.9. The van der Waals surface area contributed by atoms with Gasteiger partial charge in [0.2, 0.25) is 0 Å². The van der Waals surface area contributed by atoms with Gasteiger partial charge in [0, 0.05) is 13.3 Å². The Morgan fingerprint density at radius 3 is 2.47 bits per heavy atom. The predicted octanol–water partition coefficient (Wildman–Crippen LogP) is 2.69. The number of methoxy groups -OCH3 is 1. The van der Waals surface area contributed by atoms with E-state index >= 15 is 0 Å². The molecule has 96 valence electrons. The van der Waals surface area contributed by atoms with Gasteiger partial charge in [-0.25, -0.2) is 4.39 Å². The molecular weight excluding hydrogens is 219 g/mol. The quantitative estimate of drug-likeness (QED) is 0.830. The Morgan fingerprint density at radius 1 is 1.41 bits per heavy atom. The van der Waals surface area contributed by atoms with Crippen molar-refractivity contribution in [1.29, 1.82) is 0 Å². The summed E-state index contributed by atoms with van der Waals surface area (Å²) < 4.78 is 18.9. The summed E-state index contributed by atoms with van der Waals surface area (Å²) in [5.41, 5.74) is 0.488. The highest BCUT2D eigenvalue weighted by molar-refractivity contribution is 5.19. The smallest absolute Gasteiger partial charge is 0.141 e. The Bertz CT molecular complexity index is 345. The molecule has 0 amide bonds. The van der Waals surface area contributed by atoms with Crippen LogP contribution in [0.1, 0.15) is 38.3 Å². The van der Waals surface area contributed by atoms with Crippen LogP contribution in [0.3, 0.4) is 0 Å². The number of halogens is 1. The lowest BCUT2D eigenvalue weighted by Crippen LogP contribution is -2.43. The zero-order valence-electron chi connectivity index (χ0n) is 11.0. The van der Waals surface area contributed by atoms with Crippen LogP contribution in [0.5, 0.6) is 0 Å². The van der Waals surface area contributed by atoms with Crippen molar-refractivity contribution >= 4 is 0 Å². The minimum atomic E-state index is -0.329. The summed E-state index contributed by atoms with van der Waals surface area (Å²) in [6, 6.07) is 1.44. The first-order valence-corrected chi connectivity index (χ1v) is 5.96. The van der Waals surface area contributed by atoms with Crippen LogP contribution in [0.25, 0.3) is 0 Å². The van der Waals surface area contributed by atoms with Gasteiger partial charge in [0.25, 0.3) is 0 Å². The van der Waals surface area contributed by atoms with Crippen LogP contribution in [-0.2, 0) is 4.74 Å². The topological polar surface area (TPSA) is 34.1 Å². The van der Waals surface area contributed by atoms with Crippen molar-refractivity contribution in [3.8, 4) is 0 Å². The number of pyridine rings is 1. The molecule has 0 fully saturated rings. The first kappa shape index (κ1) is 14.1. The summed E-state index contributed by atoms with van der Waals surface area (Å²) in [6.07, 6.45) is 4.59. The van der Waals surface area contributed by atoms with Gasteiger partial charge in [0.05, 0.1) is 17.8 Å². The summed E-state index contributed by atoms with van der Waals surface area (Å²) >= 11 is 0. The average Bonchev–Trinajstić information content (AvgIpc) is 2.36. The van der Waals surface area contributed by atoms with Crippen LogP contribution < -0.4 is 5.32 Å². The number of hydrogen-bond donors (Lipinski definition) is 1. The van der Waals surface area contributed by atoms with Gasteiger partial charge in [0.15, 0.2) is 0 Å². The summed E-state index contributed by atoms with van der Waals surface area (Å²) in [7, 11) is 3.55. The Morgan fingerprint density at radius 2 is 2.06 bits per heavy atom. The molecule has 1 rings (SSSR count). The third-order valence-corrected chi connectivity index (χ3v) is 3.48. The third kappa shape index (κ3) is 2.82. The van der Waals surface area contributed by atoms with Gasteiger partial charge in [0.1, 0.15) is 5.82 Å². The minimum Gasteiger partial charge on any atom is -0.376 e. The molecule has 0 aliphatic rings. The van der Waals surface area contributed by atoms with Crippen LogP contribution in [-0.4, -0.2) is 24.7 Å². The van der Waals surface area contributed by atoms with Gasteiger partial charge in [-0.2, -0.15) is 0 Å². The maximum Gasteiger partial charge on any atom is 0.141 e. The van der Waals surface area contributed by atoms with Gasteiger partial charge in [-0.1, -0.05) is 13.8 Å². The van der Waals surface area contributed by atoms with Crippen molar-refractivity contribution < 1.29 is 9.13 Å². The van der Waals surface area contributed by atoms with Gasteiger partial charge in [-0.15, -0.1) is 0 Å². The van der Waals surface area contributed by atoms with Gasteiger partial charge < -0.3 is 10.1 Å². The first-order valence-electron chi connectivity index (χ1n) is 5.96. The van der Waals surface area contributed by atoms with Crippen LogP contribution in [0.2, 0.25) is 0 Å². The lowest BCUT2D eigenvalue weighted by Gasteiger charge is -2.38. The van der Waals surface area contributed by atoms with E-state index in [0.717, 1.165) is 18.4 Å². The second-order valence-electron chi connectivity index (χ2n) is 4.13. The maximum absolute atomic E-state index is 13.2. The second kappa shape index (κ2) is 6.07. The third-order valence-electron chi connectivity index (χ3n) is 3.48. The monoisotopic (exact) mass is 240 g/mol. The molecule has 0 aliphatic carbocycles. The van der Waals surface area contributed by atoms with Crippen molar-refractivity contribution in [3.63, 3.8) is 0 Å². The molecule has 0 radical (unpaired) electrons. The van der Waals surface area contributed by atoms with Crippen molar-refractivity contribution in [2.45, 2.75) is 38.3 Å². The van der Waals surface area contributed by atoms with E-state index in [2.05, 4.69) is 24.1 Å². The SMILES string of the molecule is CCC(CC)(OC)C(NC)c1cncc(F)c1. The van der Waals surface area contributed by atoms with Crippen molar-refractivity contribution in [3.05, 3.63) is 29.8 Å². The minimum absolute atomic E-state index is 0.0642. The Kier molecular flexibility index (Phi) is 5.02. The molecule has 1 aromatic rings. The highest BCUT2D eigenvalue weighted by Crippen LogP contribution is 2.34. The van der Waals surface area contributed by atoms with E-state index in [9.17, 15) is 4.39 Å². The molecule has 4 heteroatoms. The van der Waals surface area contributed by atoms with E-state index in [1.165, 1.54) is 12.3 Å². The molecule has 1 aromatic heterocycles. The molecule has 1 atom stereocenters. The second-order valence-corrected chi connectivity index (χ2v) is 4.13. The van der Waals surface area contributed by atoms with Crippen molar-refractivity contribution in [2.24, 2.45) is 0 Å². The lowest BCUT2D eigenvalue weighted by atomic mass is 9.84. The summed E-state index contributed by atoms with van der Waals surface area (Å²) in [5.74, 6) is -0.319. The van der Waals surface area contributed by atoms with Crippen LogP contribution in [0, 0.1) is 5.82 Å². The highest BCUT2D eigenvalue weighted by atomic mass is 19.1. The molecule has 0 saturated carbocycles. The van der Waals surface area contributed by atoms with E-state index in [-0.39, 0.29) is 17.5 Å². The van der Waals surface area contributed by atoms with E-state index in [1.807, 2.05) is 7.05 Å². The molecular formula is C13H21FN2O. The fourth-order valence-corrected chi connectivity index (χ4v) is 2.38. The largest absolute Gasteiger partial charge is 0.376 e. The fraction of sp³-hybridized carbons (Fsp3) is 0.615.